The predicted molar refractivity (Wildman–Crippen MR) is 66.0 cm³/mol. The standard InChI is InChI=1S/C13H17N3/c1-9(7-10-5-6-10)16-12-4-2-3-11(8-14)13(12)15/h2-4,9-10,16H,5-7,15H2,1H3. The smallest absolute Gasteiger partial charge is 0.101 e. The molecule has 3 heteroatoms. The predicted octanol–water partition coefficient (Wildman–Crippen LogP) is 2.74. The number of nitrogen functional groups attached to an aromatic ring is 1. The number of benzene rings is 1. The van der Waals surface area contributed by atoms with Crippen LogP contribution in [0.3, 0.4) is 0 Å². The number of rotatable bonds is 4. The summed E-state index contributed by atoms with van der Waals surface area (Å²) in [5, 5.41) is 12.3. The normalized spacial score (nSPS) is 16.5. The fourth-order valence-electron chi connectivity index (χ4n) is 1.97. The molecule has 1 aliphatic carbocycles. The first kappa shape index (κ1) is 10.8. The molecule has 0 aromatic heterocycles. The average molecular weight is 215 g/mol. The van der Waals surface area contributed by atoms with E-state index >= 15 is 0 Å². The van der Waals surface area contributed by atoms with Crippen molar-refractivity contribution >= 4 is 11.4 Å². The van der Waals surface area contributed by atoms with E-state index in [1.54, 1.807) is 6.07 Å². The second kappa shape index (κ2) is 4.44. The molecule has 3 nitrogen and oxygen atoms in total. The summed E-state index contributed by atoms with van der Waals surface area (Å²) in [5.41, 5.74) is 7.89. The summed E-state index contributed by atoms with van der Waals surface area (Å²) >= 11 is 0. The Hall–Kier alpha value is -1.69. The highest BCUT2D eigenvalue weighted by Gasteiger charge is 2.23. The Balaban J connectivity index is 2.05. The van der Waals surface area contributed by atoms with Crippen molar-refractivity contribution in [2.24, 2.45) is 5.92 Å². The molecule has 16 heavy (non-hydrogen) atoms. The Morgan fingerprint density at radius 1 is 1.56 bits per heavy atom. The van der Waals surface area contributed by atoms with Gasteiger partial charge < -0.3 is 11.1 Å². The topological polar surface area (TPSA) is 61.8 Å². The van der Waals surface area contributed by atoms with Gasteiger partial charge in [-0.25, -0.2) is 0 Å². The fraction of sp³-hybridized carbons (Fsp3) is 0.462. The lowest BCUT2D eigenvalue weighted by molar-refractivity contribution is 0.642. The largest absolute Gasteiger partial charge is 0.396 e. The van der Waals surface area contributed by atoms with Crippen molar-refractivity contribution in [3.63, 3.8) is 0 Å². The van der Waals surface area contributed by atoms with E-state index in [0.717, 1.165) is 11.6 Å². The number of hydrogen-bond donors (Lipinski definition) is 2. The SMILES string of the molecule is CC(CC1CC1)Nc1cccc(C#N)c1N. The molecule has 1 atom stereocenters. The van der Waals surface area contributed by atoms with Crippen molar-refractivity contribution in [1.29, 1.82) is 5.26 Å². The zero-order valence-corrected chi connectivity index (χ0v) is 9.53. The molecule has 1 fully saturated rings. The van der Waals surface area contributed by atoms with Crippen molar-refractivity contribution in [2.75, 3.05) is 11.1 Å². The van der Waals surface area contributed by atoms with Gasteiger partial charge >= 0.3 is 0 Å². The van der Waals surface area contributed by atoms with Crippen LogP contribution in [0.4, 0.5) is 11.4 Å². The third-order valence-electron chi connectivity index (χ3n) is 3.01. The molecule has 0 saturated heterocycles. The van der Waals surface area contributed by atoms with Crippen LogP contribution in [-0.4, -0.2) is 6.04 Å². The molecule has 3 N–H and O–H groups in total. The van der Waals surface area contributed by atoms with Crippen LogP contribution in [-0.2, 0) is 0 Å². The van der Waals surface area contributed by atoms with Gasteiger partial charge in [0.1, 0.15) is 6.07 Å². The second-order valence-corrected chi connectivity index (χ2v) is 4.60. The third kappa shape index (κ3) is 2.46. The van der Waals surface area contributed by atoms with Gasteiger partial charge in [0.2, 0.25) is 0 Å². The summed E-state index contributed by atoms with van der Waals surface area (Å²) in [4.78, 5) is 0. The molecule has 0 amide bonds. The Bertz CT molecular complexity index is 416. The molecule has 1 unspecified atom stereocenters. The minimum atomic E-state index is 0.420. The maximum Gasteiger partial charge on any atom is 0.101 e. The van der Waals surface area contributed by atoms with Crippen LogP contribution in [0, 0.1) is 17.2 Å². The first-order chi connectivity index (χ1) is 7.70. The first-order valence-electron chi connectivity index (χ1n) is 5.76. The van der Waals surface area contributed by atoms with Gasteiger partial charge in [-0.1, -0.05) is 18.9 Å². The highest BCUT2D eigenvalue weighted by Crippen LogP contribution is 2.34. The van der Waals surface area contributed by atoms with Crippen LogP contribution in [0.1, 0.15) is 31.7 Å². The van der Waals surface area contributed by atoms with Crippen molar-refractivity contribution in [2.45, 2.75) is 32.2 Å². The zero-order chi connectivity index (χ0) is 11.5. The lowest BCUT2D eigenvalue weighted by Crippen LogP contribution is -2.17. The van der Waals surface area contributed by atoms with Crippen LogP contribution < -0.4 is 11.1 Å². The number of hydrogen-bond acceptors (Lipinski definition) is 3. The number of nitrogens with zero attached hydrogens (tertiary/aromatic N) is 1. The van der Waals surface area contributed by atoms with Gasteiger partial charge in [0.05, 0.1) is 16.9 Å². The molecule has 2 rings (SSSR count). The van der Waals surface area contributed by atoms with Gasteiger partial charge in [0.25, 0.3) is 0 Å². The monoisotopic (exact) mass is 215 g/mol. The van der Waals surface area contributed by atoms with Crippen LogP contribution in [0.15, 0.2) is 18.2 Å². The van der Waals surface area contributed by atoms with Crippen molar-refractivity contribution < 1.29 is 0 Å². The average Bonchev–Trinajstić information content (AvgIpc) is 3.05. The molecule has 84 valence electrons. The molecule has 0 spiro atoms. The van der Waals surface area contributed by atoms with E-state index in [0.29, 0.717) is 17.3 Å². The number of nitriles is 1. The molecule has 1 aliphatic rings. The third-order valence-corrected chi connectivity index (χ3v) is 3.01. The van der Waals surface area contributed by atoms with E-state index < -0.39 is 0 Å². The second-order valence-electron chi connectivity index (χ2n) is 4.60. The lowest BCUT2D eigenvalue weighted by Gasteiger charge is -2.16. The van der Waals surface area contributed by atoms with Crippen molar-refractivity contribution in [1.82, 2.24) is 0 Å². The van der Waals surface area contributed by atoms with Gasteiger partial charge in [0.15, 0.2) is 0 Å². The highest BCUT2D eigenvalue weighted by molar-refractivity contribution is 5.73. The first-order valence-corrected chi connectivity index (χ1v) is 5.76. The Kier molecular flexibility index (Phi) is 3.00. The minimum absolute atomic E-state index is 0.420. The Morgan fingerprint density at radius 2 is 2.31 bits per heavy atom. The van der Waals surface area contributed by atoms with E-state index in [1.165, 1.54) is 19.3 Å². The number of nitrogens with two attached hydrogens (primary N) is 1. The molecule has 0 bridgehead atoms. The summed E-state index contributed by atoms with van der Waals surface area (Å²) < 4.78 is 0. The summed E-state index contributed by atoms with van der Waals surface area (Å²) in [5.74, 6) is 0.892. The molecule has 0 radical (unpaired) electrons. The van der Waals surface area contributed by atoms with Crippen LogP contribution in [0.25, 0.3) is 0 Å². The zero-order valence-electron chi connectivity index (χ0n) is 9.53. The van der Waals surface area contributed by atoms with E-state index in [1.807, 2.05) is 12.1 Å². The summed E-state index contributed by atoms with van der Waals surface area (Å²) in [7, 11) is 0. The Labute approximate surface area is 96.3 Å². The summed E-state index contributed by atoms with van der Waals surface area (Å²) in [6.07, 6.45) is 3.91. The molecule has 0 heterocycles. The molecule has 1 saturated carbocycles. The number of nitrogens with one attached hydrogen (secondary N) is 1. The van der Waals surface area contributed by atoms with E-state index in [2.05, 4.69) is 18.3 Å². The molecular formula is C13H17N3. The molecule has 1 aromatic carbocycles. The van der Waals surface area contributed by atoms with Gasteiger partial charge in [-0.2, -0.15) is 5.26 Å². The molecule has 1 aromatic rings. The molecular weight excluding hydrogens is 198 g/mol. The quantitative estimate of drug-likeness (QED) is 0.759. The van der Waals surface area contributed by atoms with Crippen molar-refractivity contribution in [3.05, 3.63) is 23.8 Å². The minimum Gasteiger partial charge on any atom is -0.396 e. The summed E-state index contributed by atoms with van der Waals surface area (Å²) in [6, 6.07) is 8.05. The van der Waals surface area contributed by atoms with E-state index in [9.17, 15) is 0 Å². The fourth-order valence-corrected chi connectivity index (χ4v) is 1.97. The maximum atomic E-state index is 8.87. The number of anilines is 2. The van der Waals surface area contributed by atoms with Crippen molar-refractivity contribution in [3.8, 4) is 6.07 Å². The maximum absolute atomic E-state index is 8.87. The van der Waals surface area contributed by atoms with Gasteiger partial charge in [0, 0.05) is 6.04 Å². The van der Waals surface area contributed by atoms with Crippen LogP contribution >= 0.6 is 0 Å². The van der Waals surface area contributed by atoms with Gasteiger partial charge in [-0.05, 0) is 31.4 Å². The number of para-hydroxylation sites is 1. The lowest BCUT2D eigenvalue weighted by atomic mass is 10.1. The Morgan fingerprint density at radius 3 is 2.94 bits per heavy atom. The summed E-state index contributed by atoms with van der Waals surface area (Å²) in [6.45, 7) is 2.16. The molecule has 0 aliphatic heterocycles. The van der Waals surface area contributed by atoms with Gasteiger partial charge in [-0.3, -0.25) is 0 Å². The van der Waals surface area contributed by atoms with E-state index in [-0.39, 0.29) is 0 Å². The van der Waals surface area contributed by atoms with Crippen LogP contribution in [0.5, 0.6) is 0 Å². The van der Waals surface area contributed by atoms with Crippen LogP contribution in [0.2, 0.25) is 0 Å². The van der Waals surface area contributed by atoms with Gasteiger partial charge in [-0.15, -0.1) is 0 Å². The van der Waals surface area contributed by atoms with E-state index in [4.69, 9.17) is 11.0 Å². The highest BCUT2D eigenvalue weighted by atomic mass is 14.9.